The lowest BCUT2D eigenvalue weighted by Crippen LogP contribution is -1.94. The molecule has 0 bridgehead atoms. The van der Waals surface area contributed by atoms with Crippen molar-refractivity contribution in [3.63, 3.8) is 0 Å². The maximum absolute atomic E-state index is 9.49. The van der Waals surface area contributed by atoms with E-state index in [4.69, 9.17) is 0 Å². The van der Waals surface area contributed by atoms with E-state index in [1.165, 1.54) is 11.3 Å². The molecule has 1 atom stereocenters. The summed E-state index contributed by atoms with van der Waals surface area (Å²) in [6.07, 6.45) is -0.578. The quantitative estimate of drug-likeness (QED) is 0.750. The van der Waals surface area contributed by atoms with Crippen molar-refractivity contribution in [1.29, 1.82) is 0 Å². The topological polar surface area (TPSA) is 63.3 Å². The summed E-state index contributed by atoms with van der Waals surface area (Å²) in [5.41, 5.74) is 0.961. The first-order valence-corrected chi connectivity index (χ1v) is 6.03. The van der Waals surface area contributed by atoms with E-state index >= 15 is 0 Å². The van der Waals surface area contributed by atoms with Gasteiger partial charge in [-0.2, -0.15) is 9.61 Å². The lowest BCUT2D eigenvalue weighted by Gasteiger charge is -1.96. The van der Waals surface area contributed by atoms with Gasteiger partial charge in [0.25, 0.3) is 0 Å². The molecule has 0 aliphatic rings. The molecule has 2 heterocycles. The predicted octanol–water partition coefficient (Wildman–Crippen LogP) is 1.91. The minimum absolute atomic E-state index is 0.578. The summed E-state index contributed by atoms with van der Waals surface area (Å²) in [5, 5.41) is 22.6. The smallest absolute Gasteiger partial charge is 0.235 e. The molecule has 17 heavy (non-hydrogen) atoms. The number of fused-ring (bicyclic) bond motifs is 1. The second kappa shape index (κ2) is 3.90. The molecule has 0 spiro atoms. The number of hydrogen-bond donors (Lipinski definition) is 1. The molecule has 0 amide bonds. The minimum Gasteiger partial charge on any atom is -0.386 e. The Kier molecular flexibility index (Phi) is 2.38. The molecule has 3 aromatic rings. The van der Waals surface area contributed by atoms with Gasteiger partial charge in [-0.15, -0.1) is 10.2 Å². The molecule has 1 unspecified atom stereocenters. The van der Waals surface area contributed by atoms with E-state index in [2.05, 4.69) is 15.3 Å². The first-order valence-electron chi connectivity index (χ1n) is 5.21. The van der Waals surface area contributed by atoms with Crippen molar-refractivity contribution in [2.45, 2.75) is 13.0 Å². The molecule has 0 saturated heterocycles. The number of rotatable bonds is 2. The summed E-state index contributed by atoms with van der Waals surface area (Å²) >= 11 is 1.35. The van der Waals surface area contributed by atoms with Crippen molar-refractivity contribution in [2.24, 2.45) is 0 Å². The van der Waals surface area contributed by atoms with Crippen LogP contribution in [0.1, 0.15) is 18.0 Å². The normalized spacial score (nSPS) is 13.1. The summed E-state index contributed by atoms with van der Waals surface area (Å²) < 4.78 is 1.67. The first-order chi connectivity index (χ1) is 8.25. The molecule has 0 fully saturated rings. The van der Waals surface area contributed by atoms with Crippen LogP contribution in [0.15, 0.2) is 30.3 Å². The fourth-order valence-corrected chi connectivity index (χ4v) is 2.34. The summed E-state index contributed by atoms with van der Waals surface area (Å²) in [6, 6.07) is 9.75. The number of aromatic nitrogens is 4. The van der Waals surface area contributed by atoms with Gasteiger partial charge in [-0.1, -0.05) is 41.7 Å². The highest BCUT2D eigenvalue weighted by Gasteiger charge is 2.15. The summed E-state index contributed by atoms with van der Waals surface area (Å²) in [7, 11) is 0. The monoisotopic (exact) mass is 246 g/mol. The van der Waals surface area contributed by atoms with Crippen molar-refractivity contribution in [2.75, 3.05) is 0 Å². The number of aliphatic hydroxyl groups excluding tert-OH is 1. The second-order valence-electron chi connectivity index (χ2n) is 3.70. The molecule has 2 aromatic heterocycles. The van der Waals surface area contributed by atoms with E-state index < -0.39 is 6.10 Å². The molecule has 1 aromatic carbocycles. The lowest BCUT2D eigenvalue weighted by molar-refractivity contribution is 0.197. The molecule has 0 radical (unpaired) electrons. The number of aliphatic hydroxyl groups is 1. The molecule has 1 N–H and O–H groups in total. The molecule has 0 aliphatic carbocycles. The molecule has 3 rings (SSSR count). The van der Waals surface area contributed by atoms with Crippen molar-refractivity contribution in [3.05, 3.63) is 35.3 Å². The van der Waals surface area contributed by atoms with Crippen LogP contribution in [0.3, 0.4) is 0 Å². The van der Waals surface area contributed by atoms with Gasteiger partial charge in [0.05, 0.1) is 0 Å². The molecular formula is C11H10N4OS. The first kappa shape index (κ1) is 10.4. The van der Waals surface area contributed by atoms with Crippen LogP contribution in [0, 0.1) is 0 Å². The molecule has 0 aliphatic heterocycles. The highest BCUT2D eigenvalue weighted by atomic mass is 32.1. The maximum atomic E-state index is 9.49. The van der Waals surface area contributed by atoms with Gasteiger partial charge in [0, 0.05) is 5.56 Å². The zero-order valence-corrected chi connectivity index (χ0v) is 9.92. The van der Waals surface area contributed by atoms with E-state index in [1.54, 1.807) is 11.4 Å². The average molecular weight is 246 g/mol. The SMILES string of the molecule is CC(O)c1nn2c(-c3ccccc3)nnc2s1. The van der Waals surface area contributed by atoms with E-state index in [9.17, 15) is 5.11 Å². The largest absolute Gasteiger partial charge is 0.386 e. The van der Waals surface area contributed by atoms with Gasteiger partial charge in [0.15, 0.2) is 5.82 Å². The number of hydrogen-bond acceptors (Lipinski definition) is 5. The third kappa shape index (κ3) is 1.71. The average Bonchev–Trinajstić information content (AvgIpc) is 2.89. The standard InChI is InChI=1S/C11H10N4OS/c1-7(16)10-14-15-9(12-13-11(15)17-10)8-5-3-2-4-6-8/h2-7,16H,1H3. The Morgan fingerprint density at radius 3 is 2.71 bits per heavy atom. The highest BCUT2D eigenvalue weighted by Crippen LogP contribution is 2.24. The highest BCUT2D eigenvalue weighted by molar-refractivity contribution is 7.16. The summed E-state index contributed by atoms with van der Waals surface area (Å²) in [4.78, 5) is 0.694. The van der Waals surface area contributed by atoms with Crippen LogP contribution in [0.2, 0.25) is 0 Å². The van der Waals surface area contributed by atoms with Crippen LogP contribution >= 0.6 is 11.3 Å². The van der Waals surface area contributed by atoms with Crippen LogP contribution in [0.4, 0.5) is 0 Å². The number of nitrogens with zero attached hydrogens (tertiary/aromatic N) is 4. The van der Waals surface area contributed by atoms with Gasteiger partial charge in [-0.05, 0) is 6.92 Å². The second-order valence-corrected chi connectivity index (χ2v) is 4.69. The van der Waals surface area contributed by atoms with E-state index in [0.29, 0.717) is 15.8 Å². The van der Waals surface area contributed by atoms with E-state index in [1.807, 2.05) is 30.3 Å². The third-order valence-electron chi connectivity index (χ3n) is 2.40. The Bertz CT molecular complexity index is 644. The van der Waals surface area contributed by atoms with Gasteiger partial charge in [-0.25, -0.2) is 0 Å². The van der Waals surface area contributed by atoms with E-state index in [-0.39, 0.29) is 0 Å². The Morgan fingerprint density at radius 1 is 1.24 bits per heavy atom. The van der Waals surface area contributed by atoms with Gasteiger partial charge in [0.1, 0.15) is 11.1 Å². The van der Waals surface area contributed by atoms with E-state index in [0.717, 1.165) is 5.56 Å². The molecule has 86 valence electrons. The zero-order valence-electron chi connectivity index (χ0n) is 9.11. The zero-order chi connectivity index (χ0) is 11.8. The van der Waals surface area contributed by atoms with Gasteiger partial charge in [-0.3, -0.25) is 0 Å². The summed E-state index contributed by atoms with van der Waals surface area (Å²) in [5.74, 6) is 0.698. The maximum Gasteiger partial charge on any atom is 0.235 e. The van der Waals surface area contributed by atoms with Crippen molar-refractivity contribution in [3.8, 4) is 11.4 Å². The van der Waals surface area contributed by atoms with Crippen molar-refractivity contribution in [1.82, 2.24) is 19.8 Å². The fourth-order valence-electron chi connectivity index (χ4n) is 1.57. The van der Waals surface area contributed by atoms with Gasteiger partial charge in [0.2, 0.25) is 4.96 Å². The Hall–Kier alpha value is -1.79. The minimum atomic E-state index is -0.578. The predicted molar refractivity (Wildman–Crippen MR) is 64.7 cm³/mol. The fraction of sp³-hybridized carbons (Fsp3) is 0.182. The Labute approximate surface area is 101 Å². The summed E-state index contributed by atoms with van der Waals surface area (Å²) in [6.45, 7) is 1.69. The molecule has 6 heteroatoms. The van der Waals surface area contributed by atoms with Crippen LogP contribution < -0.4 is 0 Å². The van der Waals surface area contributed by atoms with Crippen molar-refractivity contribution < 1.29 is 5.11 Å². The molecule has 5 nitrogen and oxygen atoms in total. The van der Waals surface area contributed by atoms with Crippen LogP contribution in [0.25, 0.3) is 16.3 Å². The van der Waals surface area contributed by atoms with Crippen LogP contribution in [-0.4, -0.2) is 24.9 Å². The number of benzene rings is 1. The van der Waals surface area contributed by atoms with Crippen LogP contribution in [-0.2, 0) is 0 Å². The van der Waals surface area contributed by atoms with Gasteiger partial charge < -0.3 is 5.11 Å². The lowest BCUT2D eigenvalue weighted by atomic mass is 10.2. The van der Waals surface area contributed by atoms with Gasteiger partial charge >= 0.3 is 0 Å². The Balaban J connectivity index is 2.18. The van der Waals surface area contributed by atoms with Crippen molar-refractivity contribution >= 4 is 16.3 Å². The Morgan fingerprint density at radius 2 is 2.00 bits per heavy atom. The molecular weight excluding hydrogens is 236 g/mol. The third-order valence-corrected chi connectivity index (χ3v) is 3.46. The van der Waals surface area contributed by atoms with Crippen LogP contribution in [0.5, 0.6) is 0 Å². The molecule has 0 saturated carbocycles.